The summed E-state index contributed by atoms with van der Waals surface area (Å²) in [7, 11) is 162. The third kappa shape index (κ3) is 5.75. The van der Waals surface area contributed by atoms with E-state index < -0.39 is 0 Å². The molecule has 0 N–H and O–H groups in total. The zero-order valence-electron chi connectivity index (χ0n) is 34.3. The summed E-state index contributed by atoms with van der Waals surface area (Å²) in [5.74, 6) is 0. The van der Waals surface area contributed by atoms with E-state index in [0.717, 1.165) is 0 Å². The largest absolute Gasteiger partial charge is 0.457 e. The van der Waals surface area contributed by atoms with Crippen molar-refractivity contribution in [2.45, 2.75) is 0 Å². The van der Waals surface area contributed by atoms with Crippen LogP contribution in [0.25, 0.3) is 87.3 Å². The molecule has 0 atom stereocenters. The Morgan fingerprint density at radius 1 is 0.138 bits per heavy atom. The van der Waals surface area contributed by atoms with Gasteiger partial charge in [0, 0.05) is 10.8 Å². The van der Waals surface area contributed by atoms with Gasteiger partial charge in [-0.05, 0) is 70.8 Å². The number of benzene rings is 8. The van der Waals surface area contributed by atoms with Gasteiger partial charge in [0.2, 0.25) is 0 Å². The lowest BCUT2D eigenvalue weighted by molar-refractivity contribution is 0.675. The highest BCUT2D eigenvalue weighted by atomic mass is 16.3. The predicted octanol–water partition coefficient (Wildman–Crippen LogP) is -17.4. The highest BCUT2D eigenvalue weighted by Gasteiger charge is 2.31. The number of rotatable bonds is 2. The quantitative estimate of drug-likeness (QED) is 0.126. The fraction of sp³-hybridized carbons (Fsp3) is 0. The van der Waals surface area contributed by atoms with Gasteiger partial charge in [-0.2, -0.15) is 0 Å². The number of hydrogen-bond donors (Lipinski definition) is 0. The molecule has 8 aromatic carbocycles. The first-order chi connectivity index (χ1) is 30.3. The Bertz CT molecular complexity index is 3740. The van der Waals surface area contributed by atoms with Crippen molar-refractivity contribution in [2.75, 3.05) is 0 Å². The fourth-order valence-electron chi connectivity index (χ4n) is 9.37. The summed E-state index contributed by atoms with van der Waals surface area (Å²) in [6.45, 7) is 0. The minimum Gasteiger partial charge on any atom is -0.457 e. The van der Waals surface area contributed by atoms with E-state index in [0.29, 0.717) is 0 Å². The normalized spacial score (nSPS) is 11.9. The molecule has 0 spiro atoms. The second kappa shape index (κ2) is 15.3. The molecular weight excluding hydrogens is 756 g/mol. The molecule has 0 aliphatic carbocycles. The minimum absolute atomic E-state index is 0.00165. The van der Waals surface area contributed by atoms with Crippen molar-refractivity contribution < 1.29 is 4.42 Å². The lowest BCUT2D eigenvalue weighted by Gasteiger charge is -2.33. The van der Waals surface area contributed by atoms with Crippen LogP contribution in [0.1, 0.15) is 0 Å². The summed E-state index contributed by atoms with van der Waals surface area (Å²) in [4.78, 5) is 0. The maximum atomic E-state index is 7.17. The second-order valence-electron chi connectivity index (χ2n) is 15.9. The van der Waals surface area contributed by atoms with E-state index in [1.54, 1.807) is 0 Å². The van der Waals surface area contributed by atoms with E-state index in [-0.39, 0.29) is 218 Å². The summed E-state index contributed by atoms with van der Waals surface area (Å²) < 4.78 is 6.34. The molecule has 25 heteroatoms. The lowest BCUT2D eigenvalue weighted by Crippen LogP contribution is -2.52. The van der Waals surface area contributed by atoms with Crippen LogP contribution in [0.15, 0.2) is 4.42 Å². The Kier molecular flexibility index (Phi) is 10.9. The summed E-state index contributed by atoms with van der Waals surface area (Å²) in [5, 5.41) is 0.764. The summed E-state index contributed by atoms with van der Waals surface area (Å²) >= 11 is 0. The first-order valence-corrected chi connectivity index (χ1v) is 19.1. The van der Waals surface area contributed by atoms with Gasteiger partial charge in [-0.25, -0.2) is 0 Å². The molecule has 0 bridgehead atoms. The van der Waals surface area contributed by atoms with Crippen LogP contribution >= 0.6 is 0 Å². The first kappa shape index (κ1) is 46.3. The lowest BCUT2D eigenvalue weighted by atomic mass is 9.56. The van der Waals surface area contributed by atoms with E-state index >= 15 is 0 Å². The van der Waals surface area contributed by atoms with Gasteiger partial charge in [-0.15, -0.1) is 49.2 Å². The molecule has 0 aliphatic heterocycles. The van der Waals surface area contributed by atoms with Crippen molar-refractivity contribution in [3.05, 3.63) is 0 Å². The van der Waals surface area contributed by atoms with Crippen LogP contribution < -0.4 is 131 Å². The molecular formula is C40B24O. The molecule has 0 fully saturated rings. The van der Waals surface area contributed by atoms with E-state index in [1.165, 1.54) is 0 Å². The molecule has 0 saturated heterocycles. The molecule has 65 heavy (non-hydrogen) atoms. The van der Waals surface area contributed by atoms with Gasteiger partial charge in [0.15, 0.2) is 0 Å². The Morgan fingerprint density at radius 3 is 0.785 bits per heavy atom. The first-order valence-electron chi connectivity index (χ1n) is 19.1. The molecule has 48 radical (unpaired) electrons. The maximum absolute atomic E-state index is 7.17. The zero-order valence-corrected chi connectivity index (χ0v) is 34.3. The van der Waals surface area contributed by atoms with Crippen LogP contribution in [0.4, 0.5) is 0 Å². The van der Waals surface area contributed by atoms with E-state index in [9.17, 15) is 0 Å². The third-order valence-electron chi connectivity index (χ3n) is 12.8. The topological polar surface area (TPSA) is 13.1 Å². The van der Waals surface area contributed by atoms with Crippen molar-refractivity contribution in [2.24, 2.45) is 0 Å². The highest BCUT2D eigenvalue weighted by molar-refractivity contribution is 6.77. The molecule has 1 heterocycles. The second-order valence-corrected chi connectivity index (χ2v) is 15.9. The van der Waals surface area contributed by atoms with Crippen LogP contribution in [0.2, 0.25) is 0 Å². The number of fused-ring (bicyclic) bond motifs is 7. The van der Waals surface area contributed by atoms with Crippen molar-refractivity contribution >= 4 is 384 Å². The minimum atomic E-state index is -0.175. The van der Waals surface area contributed by atoms with Crippen LogP contribution in [0.5, 0.6) is 0 Å². The van der Waals surface area contributed by atoms with Crippen molar-refractivity contribution in [1.29, 1.82) is 0 Å². The highest BCUT2D eigenvalue weighted by Crippen LogP contribution is 2.41. The van der Waals surface area contributed by atoms with Crippen LogP contribution in [-0.2, 0) is 0 Å². The van der Waals surface area contributed by atoms with Gasteiger partial charge >= 0.3 is 0 Å². The molecule has 0 amide bonds. The van der Waals surface area contributed by atoms with E-state index in [1.807, 2.05) is 0 Å². The van der Waals surface area contributed by atoms with Gasteiger partial charge in [-0.3, -0.25) is 0 Å². The van der Waals surface area contributed by atoms with E-state index in [2.05, 4.69) is 0 Å². The van der Waals surface area contributed by atoms with Gasteiger partial charge in [0.05, 0.1) is 0 Å². The van der Waals surface area contributed by atoms with Crippen LogP contribution in [0.3, 0.4) is 0 Å². The third-order valence-corrected chi connectivity index (χ3v) is 12.8. The molecule has 0 saturated carbocycles. The molecule has 0 unspecified atom stereocenters. The molecule has 0 aliphatic rings. The molecule has 9 rings (SSSR count). The molecule has 1 nitrogen and oxygen atoms in total. The van der Waals surface area contributed by atoms with Gasteiger partial charge < -0.3 is 4.42 Å². The SMILES string of the molecule is [B]c1c([B])c([B])c2c(oc3c([B])c4c(-c5c6c([B])c([B])c([B])c([B])c6c(-c6c([B])c([B])c7c([B])c([B])c([B])c([B])c7c6[B])c6c([B])c([B])c([B])c([B])c56)c([B])c([B])c([B])c4c([B])c32)c1[B]. The summed E-state index contributed by atoms with van der Waals surface area (Å²) in [6.07, 6.45) is 0. The summed E-state index contributed by atoms with van der Waals surface area (Å²) in [6, 6.07) is 0. The van der Waals surface area contributed by atoms with Gasteiger partial charge in [0.1, 0.15) is 199 Å². The van der Waals surface area contributed by atoms with Crippen molar-refractivity contribution in [3.63, 3.8) is 0 Å². The standard InChI is InChI=1S/C40B24O/c41-15-9(22(48)23(49)12-11(15)25(51)34(60)35(61)26(12)52)2-6-3(18(44)30(56)32(58)20(6)46)1(4-7(2)21(47)33(59)31(57)19(4)45)5-8-10(24(50)29(55)17(5)43)16(42)13-14-27(53)36(62)37(63)38(64)40(14)65-39(13)28(8)54. The Morgan fingerprint density at radius 2 is 0.369 bits per heavy atom. The van der Waals surface area contributed by atoms with Gasteiger partial charge in [-0.1, -0.05) is 76.5 Å². The molecule has 1 aromatic heterocycles. The van der Waals surface area contributed by atoms with Gasteiger partial charge in [0.25, 0.3) is 0 Å². The Labute approximate surface area is 408 Å². The monoisotopic (exact) mass is 760 g/mol. The smallest absolute Gasteiger partial charge is 0.128 e. The Balaban J connectivity index is 1.66. The van der Waals surface area contributed by atoms with Crippen LogP contribution in [0, 0.1) is 0 Å². The molecule has 9 aromatic rings. The van der Waals surface area contributed by atoms with Crippen molar-refractivity contribution in [3.8, 4) is 22.3 Å². The Hall–Kier alpha value is -3.84. The average molecular weight is 756 g/mol. The fourth-order valence-corrected chi connectivity index (χ4v) is 9.37. The van der Waals surface area contributed by atoms with E-state index in [4.69, 9.17) is 193 Å². The average Bonchev–Trinajstić information content (AvgIpc) is 3.69. The van der Waals surface area contributed by atoms with Crippen LogP contribution in [-0.4, -0.2) is 188 Å². The zero-order chi connectivity index (χ0) is 47.8. The van der Waals surface area contributed by atoms with Crippen molar-refractivity contribution in [1.82, 2.24) is 0 Å². The predicted molar refractivity (Wildman–Crippen MR) is 304 cm³/mol. The maximum Gasteiger partial charge on any atom is 0.128 e. The number of furan rings is 1. The number of hydrogen-bond acceptors (Lipinski definition) is 1. The molecule has 238 valence electrons. The summed E-state index contributed by atoms with van der Waals surface area (Å²) in [5.41, 5.74) is -2.65.